The van der Waals surface area contributed by atoms with Crippen molar-refractivity contribution in [3.8, 4) is 0 Å². The third-order valence-electron chi connectivity index (χ3n) is 4.09. The van der Waals surface area contributed by atoms with E-state index in [2.05, 4.69) is 76.9 Å². The summed E-state index contributed by atoms with van der Waals surface area (Å²) in [4.78, 5) is 2.58. The summed E-state index contributed by atoms with van der Waals surface area (Å²) in [5, 5.41) is 4.39. The molecular weight excluding hydrogens is 344 g/mol. The lowest BCUT2D eigenvalue weighted by Crippen LogP contribution is -2.38. The summed E-state index contributed by atoms with van der Waals surface area (Å²) in [6, 6.07) is 7.14. The van der Waals surface area contributed by atoms with Gasteiger partial charge >= 0.3 is 0 Å². The number of thioether (sulfide) groups is 1. The van der Waals surface area contributed by atoms with Crippen LogP contribution < -0.4 is 10.2 Å². The molecule has 2 atom stereocenters. The quantitative estimate of drug-likeness (QED) is 0.770. The number of nitrogens with zero attached hydrogens (tertiary/aromatic N) is 1. The van der Waals surface area contributed by atoms with Gasteiger partial charge in [0.1, 0.15) is 0 Å². The molecule has 0 amide bonds. The highest BCUT2D eigenvalue weighted by molar-refractivity contribution is 9.10. The lowest BCUT2D eigenvalue weighted by atomic mass is 10.0. The van der Waals surface area contributed by atoms with Gasteiger partial charge in [0.15, 0.2) is 0 Å². The van der Waals surface area contributed by atoms with Gasteiger partial charge in [0.25, 0.3) is 0 Å². The van der Waals surface area contributed by atoms with Crippen molar-refractivity contribution in [1.29, 1.82) is 0 Å². The normalized spacial score (nSPS) is 20.6. The largest absolute Gasteiger partial charge is 0.369 e. The third kappa shape index (κ3) is 4.64. The van der Waals surface area contributed by atoms with E-state index in [-0.39, 0.29) is 0 Å². The van der Waals surface area contributed by atoms with E-state index in [9.17, 15) is 0 Å². The van der Waals surface area contributed by atoms with Crippen LogP contribution in [0.25, 0.3) is 0 Å². The van der Waals surface area contributed by atoms with Crippen LogP contribution in [0.5, 0.6) is 0 Å². The van der Waals surface area contributed by atoms with Crippen molar-refractivity contribution >= 4 is 33.4 Å². The number of hydrogen-bond acceptors (Lipinski definition) is 3. The number of hydrogen-bond donors (Lipinski definition) is 1. The first-order valence-corrected chi connectivity index (χ1v) is 9.89. The number of halogens is 1. The molecule has 1 fully saturated rings. The molecule has 1 aliphatic rings. The van der Waals surface area contributed by atoms with Gasteiger partial charge in [-0.2, -0.15) is 11.8 Å². The average molecular weight is 371 g/mol. The molecule has 2 unspecified atom stereocenters. The van der Waals surface area contributed by atoms with Gasteiger partial charge < -0.3 is 10.2 Å². The lowest BCUT2D eigenvalue weighted by Gasteiger charge is -2.36. The Balaban J connectivity index is 2.22. The van der Waals surface area contributed by atoms with E-state index in [0.717, 1.165) is 18.3 Å². The van der Waals surface area contributed by atoms with Crippen LogP contribution in [0.15, 0.2) is 22.7 Å². The lowest BCUT2D eigenvalue weighted by molar-refractivity contribution is 0.568. The van der Waals surface area contributed by atoms with E-state index in [4.69, 9.17) is 0 Å². The molecule has 1 saturated heterocycles. The third-order valence-corrected chi connectivity index (χ3v) is 5.96. The molecule has 0 radical (unpaired) electrons. The number of rotatable bonds is 6. The average Bonchev–Trinajstić information content (AvgIpc) is 2.52. The Kier molecular flexibility index (Phi) is 6.90. The molecule has 0 bridgehead atoms. The molecule has 1 heterocycles. The number of nitrogens with one attached hydrogen (secondary N) is 1. The number of anilines is 1. The van der Waals surface area contributed by atoms with Crippen molar-refractivity contribution in [3.05, 3.63) is 28.2 Å². The predicted molar refractivity (Wildman–Crippen MR) is 99.6 cm³/mol. The van der Waals surface area contributed by atoms with Crippen LogP contribution in [0.4, 0.5) is 5.69 Å². The molecule has 1 N–H and O–H groups in total. The zero-order chi connectivity index (χ0) is 15.2. The van der Waals surface area contributed by atoms with Gasteiger partial charge in [-0.1, -0.05) is 35.8 Å². The Hall–Kier alpha value is -0.190. The Morgan fingerprint density at radius 1 is 1.43 bits per heavy atom. The fourth-order valence-electron chi connectivity index (χ4n) is 2.81. The summed E-state index contributed by atoms with van der Waals surface area (Å²) in [5.41, 5.74) is 2.83. The minimum atomic E-state index is 0.405. The molecule has 4 heteroatoms. The van der Waals surface area contributed by atoms with Crippen molar-refractivity contribution in [2.45, 2.75) is 44.9 Å². The molecule has 1 aliphatic heterocycles. The topological polar surface area (TPSA) is 15.3 Å². The highest BCUT2D eigenvalue weighted by atomic mass is 79.9. The molecule has 1 aromatic carbocycles. The van der Waals surface area contributed by atoms with E-state index in [0.29, 0.717) is 6.04 Å². The van der Waals surface area contributed by atoms with Crippen LogP contribution in [0, 0.1) is 0 Å². The van der Waals surface area contributed by atoms with Crippen LogP contribution in [-0.2, 0) is 0 Å². The van der Waals surface area contributed by atoms with Crippen molar-refractivity contribution in [1.82, 2.24) is 5.32 Å². The molecule has 0 aromatic heterocycles. The molecule has 2 rings (SSSR count). The molecule has 2 nitrogen and oxygen atoms in total. The van der Waals surface area contributed by atoms with E-state index in [1.54, 1.807) is 0 Å². The maximum absolute atomic E-state index is 3.64. The monoisotopic (exact) mass is 370 g/mol. The summed E-state index contributed by atoms with van der Waals surface area (Å²) in [7, 11) is 0. The van der Waals surface area contributed by atoms with Gasteiger partial charge in [0.05, 0.1) is 0 Å². The minimum Gasteiger partial charge on any atom is -0.369 e. The Labute approximate surface area is 142 Å². The van der Waals surface area contributed by atoms with Gasteiger partial charge in [-0.05, 0) is 44.0 Å². The molecule has 0 saturated carbocycles. The van der Waals surface area contributed by atoms with E-state index in [1.165, 1.54) is 40.9 Å². The molecule has 1 aromatic rings. The first kappa shape index (κ1) is 17.2. The smallest absolute Gasteiger partial charge is 0.0426 e. The maximum Gasteiger partial charge on any atom is 0.0426 e. The Morgan fingerprint density at radius 3 is 2.95 bits per heavy atom. The van der Waals surface area contributed by atoms with Crippen molar-refractivity contribution < 1.29 is 0 Å². The fourth-order valence-corrected chi connectivity index (χ4v) is 4.34. The second-order valence-corrected chi connectivity index (χ2v) is 8.05. The second-order valence-electron chi connectivity index (χ2n) is 5.73. The van der Waals surface area contributed by atoms with Crippen LogP contribution in [0.2, 0.25) is 0 Å². The summed E-state index contributed by atoms with van der Waals surface area (Å²) in [6.45, 7) is 10.2. The van der Waals surface area contributed by atoms with E-state index < -0.39 is 0 Å². The van der Waals surface area contributed by atoms with Gasteiger partial charge in [-0.15, -0.1) is 0 Å². The standard InChI is InChI=1S/C17H27BrN2S/c1-4-8-19-13(3)16-7-6-14(18)11-17(16)20-9-10-21-15(5-2)12-20/h6-7,11,13,15,19H,4-5,8-10,12H2,1-3H3. The van der Waals surface area contributed by atoms with E-state index in [1.807, 2.05) is 0 Å². The molecular formula is C17H27BrN2S. The highest BCUT2D eigenvalue weighted by Gasteiger charge is 2.22. The first-order chi connectivity index (χ1) is 10.2. The summed E-state index contributed by atoms with van der Waals surface area (Å²) in [5.74, 6) is 1.24. The summed E-state index contributed by atoms with van der Waals surface area (Å²) < 4.78 is 1.18. The maximum atomic E-state index is 3.64. The molecule has 21 heavy (non-hydrogen) atoms. The van der Waals surface area contributed by atoms with Crippen molar-refractivity contribution in [2.75, 3.05) is 30.3 Å². The Bertz CT molecular complexity index is 452. The zero-order valence-corrected chi connectivity index (χ0v) is 15.8. The van der Waals surface area contributed by atoms with Crippen LogP contribution in [-0.4, -0.2) is 30.6 Å². The summed E-state index contributed by atoms with van der Waals surface area (Å²) in [6.07, 6.45) is 2.43. The van der Waals surface area contributed by atoms with Crippen LogP contribution >= 0.6 is 27.7 Å². The van der Waals surface area contributed by atoms with Gasteiger partial charge in [0, 0.05) is 40.3 Å². The van der Waals surface area contributed by atoms with E-state index >= 15 is 0 Å². The van der Waals surface area contributed by atoms with Crippen molar-refractivity contribution in [3.63, 3.8) is 0 Å². The fraction of sp³-hybridized carbons (Fsp3) is 0.647. The van der Waals surface area contributed by atoms with Crippen LogP contribution in [0.1, 0.15) is 45.2 Å². The summed E-state index contributed by atoms with van der Waals surface area (Å²) >= 11 is 5.77. The van der Waals surface area contributed by atoms with Crippen molar-refractivity contribution in [2.24, 2.45) is 0 Å². The minimum absolute atomic E-state index is 0.405. The van der Waals surface area contributed by atoms with Gasteiger partial charge in [-0.25, -0.2) is 0 Å². The molecule has 0 aliphatic carbocycles. The van der Waals surface area contributed by atoms with Gasteiger partial charge in [-0.3, -0.25) is 0 Å². The molecule has 118 valence electrons. The Morgan fingerprint density at radius 2 is 2.24 bits per heavy atom. The second kappa shape index (κ2) is 8.44. The first-order valence-electron chi connectivity index (χ1n) is 8.05. The van der Waals surface area contributed by atoms with Crippen LogP contribution in [0.3, 0.4) is 0 Å². The SMILES string of the molecule is CCCNC(C)c1ccc(Br)cc1N1CCSC(CC)C1. The molecule has 0 spiro atoms. The highest BCUT2D eigenvalue weighted by Crippen LogP contribution is 2.33. The zero-order valence-electron chi connectivity index (χ0n) is 13.4. The van der Waals surface area contributed by atoms with Gasteiger partial charge in [0.2, 0.25) is 0 Å². The predicted octanol–water partition coefficient (Wildman–Crippen LogP) is 4.84. The number of benzene rings is 1.